The molecule has 2 heterocycles. The number of fused-ring (bicyclic) bond motifs is 1. The average Bonchev–Trinajstić information content (AvgIpc) is 2.73. The molecule has 142 valence electrons. The summed E-state index contributed by atoms with van der Waals surface area (Å²) < 4.78 is 5.96. The van der Waals surface area contributed by atoms with Crippen LogP contribution in [-0.2, 0) is 16.0 Å². The Labute approximate surface area is 165 Å². The molecule has 0 spiro atoms. The minimum absolute atomic E-state index is 0.0279. The summed E-state index contributed by atoms with van der Waals surface area (Å²) in [6.45, 7) is 4.92. The summed E-state index contributed by atoms with van der Waals surface area (Å²) in [7, 11) is 0. The van der Waals surface area contributed by atoms with E-state index in [0.29, 0.717) is 13.2 Å². The Bertz CT molecular complexity index is 808. The largest absolute Gasteiger partial charge is 0.371 e. The maximum Gasteiger partial charge on any atom is 0.244 e. The van der Waals surface area contributed by atoms with Crippen LogP contribution in [0.1, 0.15) is 30.6 Å². The maximum absolute atomic E-state index is 13.3. The van der Waals surface area contributed by atoms with Gasteiger partial charge in [0.15, 0.2) is 0 Å². The molecule has 2 aromatic carbocycles. The number of morpholine rings is 1. The molecule has 1 fully saturated rings. The minimum atomic E-state index is -0.171. The molecular weight excluding hydrogens is 360 g/mol. The number of ether oxygens (including phenoxy) is 1. The lowest BCUT2D eigenvalue weighted by Crippen LogP contribution is -2.52. The van der Waals surface area contributed by atoms with Crippen LogP contribution >= 0.6 is 11.6 Å². The number of hydrogen-bond acceptors (Lipinski definition) is 3. The second kappa shape index (κ2) is 8.01. The Morgan fingerprint density at radius 2 is 1.93 bits per heavy atom. The number of benzene rings is 2. The first kappa shape index (κ1) is 18.5. The van der Waals surface area contributed by atoms with Gasteiger partial charge in [0.25, 0.3) is 0 Å². The summed E-state index contributed by atoms with van der Waals surface area (Å²) in [5.74, 6) is 0.180. The van der Waals surface area contributed by atoms with E-state index in [4.69, 9.17) is 16.3 Å². The molecule has 2 atom stereocenters. The number of anilines is 1. The average molecular weight is 385 g/mol. The topological polar surface area (TPSA) is 32.8 Å². The predicted octanol–water partition coefficient (Wildman–Crippen LogP) is 4.08. The highest BCUT2D eigenvalue weighted by molar-refractivity contribution is 6.30. The van der Waals surface area contributed by atoms with Crippen molar-refractivity contribution >= 4 is 23.2 Å². The van der Waals surface area contributed by atoms with Crippen molar-refractivity contribution in [3.8, 4) is 0 Å². The lowest BCUT2D eigenvalue weighted by atomic mass is 10.0. The highest BCUT2D eigenvalue weighted by Crippen LogP contribution is 2.29. The quantitative estimate of drug-likeness (QED) is 0.799. The van der Waals surface area contributed by atoms with Gasteiger partial charge in [-0.25, -0.2) is 0 Å². The lowest BCUT2D eigenvalue weighted by molar-refractivity contribution is -0.126. The lowest BCUT2D eigenvalue weighted by Gasteiger charge is -2.39. The zero-order chi connectivity index (χ0) is 18.8. The van der Waals surface area contributed by atoms with E-state index in [9.17, 15) is 4.79 Å². The number of carbonyl (C=O) groups is 1. The van der Waals surface area contributed by atoms with E-state index >= 15 is 0 Å². The van der Waals surface area contributed by atoms with Crippen molar-refractivity contribution in [2.24, 2.45) is 0 Å². The SMILES string of the molecule is C[C@@H](C(=O)N1CCCc2ccccc21)N1CCO[C@@H](c2ccc(Cl)cc2)C1. The molecule has 2 aromatic rings. The third-order valence-corrected chi connectivity index (χ3v) is 5.87. The molecule has 2 aliphatic rings. The van der Waals surface area contributed by atoms with Gasteiger partial charge in [0, 0.05) is 30.3 Å². The Balaban J connectivity index is 1.48. The van der Waals surface area contributed by atoms with Crippen LogP contribution in [0, 0.1) is 0 Å². The highest BCUT2D eigenvalue weighted by Gasteiger charge is 2.33. The van der Waals surface area contributed by atoms with E-state index in [2.05, 4.69) is 23.1 Å². The van der Waals surface area contributed by atoms with E-state index < -0.39 is 0 Å². The molecular formula is C22H25ClN2O2. The van der Waals surface area contributed by atoms with Crippen LogP contribution in [0.15, 0.2) is 48.5 Å². The van der Waals surface area contributed by atoms with Crippen molar-refractivity contribution in [2.75, 3.05) is 31.1 Å². The van der Waals surface area contributed by atoms with Gasteiger partial charge in [-0.15, -0.1) is 0 Å². The molecule has 4 nitrogen and oxygen atoms in total. The summed E-state index contributed by atoms with van der Waals surface area (Å²) >= 11 is 6.00. The number of rotatable bonds is 3. The number of hydrogen-bond donors (Lipinski definition) is 0. The Morgan fingerprint density at radius 3 is 2.74 bits per heavy atom. The van der Waals surface area contributed by atoms with Gasteiger partial charge in [-0.05, 0) is 49.1 Å². The third-order valence-electron chi connectivity index (χ3n) is 5.62. The first-order valence-electron chi connectivity index (χ1n) is 9.64. The normalized spacial score (nSPS) is 21.6. The van der Waals surface area contributed by atoms with Gasteiger partial charge >= 0.3 is 0 Å². The van der Waals surface area contributed by atoms with Crippen molar-refractivity contribution in [3.63, 3.8) is 0 Å². The van der Waals surface area contributed by atoms with Crippen LogP contribution < -0.4 is 4.90 Å². The standard InChI is InChI=1S/C22H25ClN2O2/c1-16(22(26)25-12-4-6-17-5-2-3-7-20(17)25)24-13-14-27-21(15-24)18-8-10-19(23)11-9-18/h2-3,5,7-11,16,21H,4,6,12-15H2,1H3/t16-,21+/m0/s1. The maximum atomic E-state index is 13.3. The number of aryl methyl sites for hydroxylation is 1. The molecule has 0 saturated carbocycles. The second-order valence-electron chi connectivity index (χ2n) is 7.30. The fourth-order valence-corrected chi connectivity index (χ4v) is 4.17. The molecule has 27 heavy (non-hydrogen) atoms. The van der Waals surface area contributed by atoms with Crippen LogP contribution in [-0.4, -0.2) is 43.1 Å². The third kappa shape index (κ3) is 3.88. The summed E-state index contributed by atoms with van der Waals surface area (Å²) in [6.07, 6.45) is 2.04. The van der Waals surface area contributed by atoms with Crippen LogP contribution in [0.3, 0.4) is 0 Å². The summed E-state index contributed by atoms with van der Waals surface area (Å²) in [5, 5.41) is 0.721. The molecule has 0 aromatic heterocycles. The Morgan fingerprint density at radius 1 is 1.15 bits per heavy atom. The molecule has 0 radical (unpaired) electrons. The van der Waals surface area contributed by atoms with Gasteiger partial charge in [0.1, 0.15) is 0 Å². The summed E-state index contributed by atoms with van der Waals surface area (Å²) in [5.41, 5.74) is 3.44. The number of para-hydroxylation sites is 1. The van der Waals surface area contributed by atoms with Crippen LogP contribution in [0.2, 0.25) is 5.02 Å². The van der Waals surface area contributed by atoms with Crippen LogP contribution in [0.5, 0.6) is 0 Å². The van der Waals surface area contributed by atoms with Crippen molar-refractivity contribution in [2.45, 2.75) is 31.9 Å². The number of carbonyl (C=O) groups excluding carboxylic acids is 1. The van der Waals surface area contributed by atoms with Crippen molar-refractivity contribution in [1.29, 1.82) is 0 Å². The Kier molecular flexibility index (Phi) is 5.48. The first-order chi connectivity index (χ1) is 13.1. The molecule has 5 heteroatoms. The van der Waals surface area contributed by atoms with Gasteiger partial charge in [-0.1, -0.05) is 41.9 Å². The molecule has 2 aliphatic heterocycles. The zero-order valence-electron chi connectivity index (χ0n) is 15.6. The van der Waals surface area contributed by atoms with E-state index in [1.807, 2.05) is 42.2 Å². The van der Waals surface area contributed by atoms with Crippen molar-refractivity contribution in [3.05, 3.63) is 64.7 Å². The fourth-order valence-electron chi connectivity index (χ4n) is 4.04. The Hall–Kier alpha value is -1.88. The molecule has 0 unspecified atom stereocenters. The van der Waals surface area contributed by atoms with Gasteiger partial charge in [-0.3, -0.25) is 9.69 Å². The van der Waals surface area contributed by atoms with Gasteiger partial charge < -0.3 is 9.64 Å². The first-order valence-corrected chi connectivity index (χ1v) is 10.0. The van der Waals surface area contributed by atoms with E-state index in [1.54, 1.807) is 0 Å². The van der Waals surface area contributed by atoms with Gasteiger partial charge in [0.2, 0.25) is 5.91 Å². The van der Waals surface area contributed by atoms with Crippen LogP contribution in [0.25, 0.3) is 0 Å². The fraction of sp³-hybridized carbons (Fsp3) is 0.409. The van der Waals surface area contributed by atoms with Gasteiger partial charge in [0.05, 0.1) is 18.8 Å². The molecule has 0 bridgehead atoms. The zero-order valence-corrected chi connectivity index (χ0v) is 16.4. The number of nitrogens with zero attached hydrogens (tertiary/aromatic N) is 2. The van der Waals surface area contributed by atoms with E-state index in [0.717, 1.165) is 42.2 Å². The van der Waals surface area contributed by atoms with E-state index in [1.165, 1.54) is 5.56 Å². The number of halogens is 1. The van der Waals surface area contributed by atoms with E-state index in [-0.39, 0.29) is 18.1 Å². The smallest absolute Gasteiger partial charge is 0.244 e. The van der Waals surface area contributed by atoms with Crippen molar-refractivity contribution < 1.29 is 9.53 Å². The molecule has 1 saturated heterocycles. The molecule has 1 amide bonds. The highest BCUT2D eigenvalue weighted by atomic mass is 35.5. The second-order valence-corrected chi connectivity index (χ2v) is 7.74. The predicted molar refractivity (Wildman–Crippen MR) is 108 cm³/mol. The molecule has 4 rings (SSSR count). The van der Waals surface area contributed by atoms with Crippen molar-refractivity contribution in [1.82, 2.24) is 4.90 Å². The summed E-state index contributed by atoms with van der Waals surface area (Å²) in [4.78, 5) is 17.5. The number of amides is 1. The molecule has 0 N–H and O–H groups in total. The minimum Gasteiger partial charge on any atom is -0.371 e. The van der Waals surface area contributed by atoms with Gasteiger partial charge in [-0.2, -0.15) is 0 Å². The monoisotopic (exact) mass is 384 g/mol. The molecule has 0 aliphatic carbocycles. The summed E-state index contributed by atoms with van der Waals surface area (Å²) in [6, 6.07) is 15.9. The van der Waals surface area contributed by atoms with Crippen LogP contribution in [0.4, 0.5) is 5.69 Å².